The third kappa shape index (κ3) is 3.20. The van der Waals surface area contributed by atoms with Gasteiger partial charge in [0.1, 0.15) is 5.71 Å². The zero-order chi connectivity index (χ0) is 12.4. The lowest BCUT2D eigenvalue weighted by Crippen LogP contribution is -2.46. The van der Waals surface area contributed by atoms with Gasteiger partial charge in [0.15, 0.2) is 5.60 Å². The largest absolute Gasteiger partial charge is 0.387 e. The van der Waals surface area contributed by atoms with Crippen molar-refractivity contribution in [1.29, 1.82) is 0 Å². The topological polar surface area (TPSA) is 62.7 Å². The lowest BCUT2D eigenvalue weighted by Gasteiger charge is -2.31. The zero-order valence-corrected chi connectivity index (χ0v) is 11.9. The van der Waals surface area contributed by atoms with Crippen molar-refractivity contribution in [3.05, 3.63) is 0 Å². The summed E-state index contributed by atoms with van der Waals surface area (Å²) >= 11 is 0. The van der Waals surface area contributed by atoms with E-state index in [0.717, 1.165) is 32.5 Å². The molecule has 5 nitrogen and oxygen atoms in total. The van der Waals surface area contributed by atoms with Gasteiger partial charge in [0, 0.05) is 19.5 Å². The number of rotatable bonds is 3. The highest BCUT2D eigenvalue weighted by Gasteiger charge is 2.42. The number of nitrogens with zero attached hydrogens (tertiary/aromatic N) is 1. The first-order chi connectivity index (χ1) is 8.77. The van der Waals surface area contributed by atoms with Crippen LogP contribution in [-0.4, -0.2) is 36.9 Å². The molecule has 6 heteroatoms. The molecule has 19 heavy (non-hydrogen) atoms. The highest BCUT2D eigenvalue weighted by atomic mass is 35.5. The second-order valence-electron chi connectivity index (χ2n) is 5.78. The fourth-order valence-electron chi connectivity index (χ4n) is 2.85. The molecule has 1 saturated carbocycles. The lowest BCUT2D eigenvalue weighted by molar-refractivity contribution is -0.115. The molecule has 0 aromatic carbocycles. The SMILES string of the molecule is Cl.O=C(NCC1CCC1)C1=NOC2(CCCNC2)C1. The Bertz CT molecular complexity index is 363. The number of oxime groups is 1. The van der Waals surface area contributed by atoms with E-state index in [1.54, 1.807) is 0 Å². The van der Waals surface area contributed by atoms with E-state index in [9.17, 15) is 4.79 Å². The van der Waals surface area contributed by atoms with Gasteiger partial charge >= 0.3 is 0 Å². The van der Waals surface area contributed by atoms with Crippen molar-refractivity contribution in [1.82, 2.24) is 10.6 Å². The normalized spacial score (nSPS) is 30.0. The number of piperidine rings is 1. The summed E-state index contributed by atoms with van der Waals surface area (Å²) < 4.78 is 0. The molecular weight excluding hydrogens is 266 g/mol. The third-order valence-electron chi connectivity index (χ3n) is 4.31. The number of amides is 1. The Balaban J connectivity index is 0.00000133. The average molecular weight is 288 g/mol. The molecule has 0 radical (unpaired) electrons. The summed E-state index contributed by atoms with van der Waals surface area (Å²) in [7, 11) is 0. The van der Waals surface area contributed by atoms with Crippen LogP contribution in [0.15, 0.2) is 5.16 Å². The summed E-state index contributed by atoms with van der Waals surface area (Å²) in [5, 5.41) is 10.3. The van der Waals surface area contributed by atoms with E-state index < -0.39 is 0 Å². The maximum absolute atomic E-state index is 12.0. The molecule has 1 spiro atoms. The molecule has 2 fully saturated rings. The van der Waals surface area contributed by atoms with Crippen LogP contribution in [0.3, 0.4) is 0 Å². The van der Waals surface area contributed by atoms with Gasteiger partial charge < -0.3 is 15.5 Å². The first-order valence-corrected chi connectivity index (χ1v) is 7.01. The van der Waals surface area contributed by atoms with Gasteiger partial charge in [-0.05, 0) is 38.1 Å². The first kappa shape index (κ1) is 14.6. The monoisotopic (exact) mass is 287 g/mol. The van der Waals surface area contributed by atoms with Crippen LogP contribution in [-0.2, 0) is 9.63 Å². The minimum absolute atomic E-state index is 0. The number of nitrogens with one attached hydrogen (secondary N) is 2. The molecule has 1 amide bonds. The van der Waals surface area contributed by atoms with Gasteiger partial charge in [0.05, 0.1) is 0 Å². The predicted molar refractivity (Wildman–Crippen MR) is 75.6 cm³/mol. The Hall–Kier alpha value is -0.810. The molecule has 2 heterocycles. The van der Waals surface area contributed by atoms with Crippen LogP contribution in [0.2, 0.25) is 0 Å². The van der Waals surface area contributed by atoms with Crippen LogP contribution >= 0.6 is 12.4 Å². The first-order valence-electron chi connectivity index (χ1n) is 7.01. The molecule has 3 aliphatic rings. The van der Waals surface area contributed by atoms with Crippen molar-refractivity contribution in [2.45, 2.75) is 44.1 Å². The lowest BCUT2D eigenvalue weighted by atomic mass is 9.85. The van der Waals surface area contributed by atoms with Crippen LogP contribution in [0.1, 0.15) is 38.5 Å². The third-order valence-corrected chi connectivity index (χ3v) is 4.31. The van der Waals surface area contributed by atoms with Crippen molar-refractivity contribution in [2.24, 2.45) is 11.1 Å². The molecule has 1 aliphatic carbocycles. The fourth-order valence-corrected chi connectivity index (χ4v) is 2.85. The van der Waals surface area contributed by atoms with Gasteiger partial charge in [-0.1, -0.05) is 11.6 Å². The van der Waals surface area contributed by atoms with E-state index in [2.05, 4.69) is 15.8 Å². The van der Waals surface area contributed by atoms with Crippen molar-refractivity contribution in [3.63, 3.8) is 0 Å². The Morgan fingerprint density at radius 3 is 2.95 bits per heavy atom. The van der Waals surface area contributed by atoms with Gasteiger partial charge in [-0.3, -0.25) is 4.79 Å². The van der Waals surface area contributed by atoms with E-state index in [1.807, 2.05) is 0 Å². The number of hydrogen-bond acceptors (Lipinski definition) is 4. The van der Waals surface area contributed by atoms with E-state index in [4.69, 9.17) is 4.84 Å². The summed E-state index contributed by atoms with van der Waals surface area (Å²) in [4.78, 5) is 17.5. The maximum Gasteiger partial charge on any atom is 0.269 e. The smallest absolute Gasteiger partial charge is 0.269 e. The minimum atomic E-state index is -0.249. The average Bonchev–Trinajstić information content (AvgIpc) is 2.72. The molecule has 108 valence electrons. The van der Waals surface area contributed by atoms with E-state index in [-0.39, 0.29) is 23.9 Å². The van der Waals surface area contributed by atoms with E-state index >= 15 is 0 Å². The number of carbonyl (C=O) groups excluding carboxylic acids is 1. The molecule has 3 rings (SSSR count). The van der Waals surface area contributed by atoms with Crippen LogP contribution in [0, 0.1) is 5.92 Å². The standard InChI is InChI=1S/C13H21N3O2.ClH/c17-12(15-8-10-3-1-4-10)11-7-13(18-16-11)5-2-6-14-9-13;/h10,14H,1-9H2,(H,15,17);1H. The van der Waals surface area contributed by atoms with Gasteiger partial charge in [0.2, 0.25) is 0 Å². The Kier molecular flexibility index (Phi) is 4.68. The Morgan fingerprint density at radius 2 is 2.32 bits per heavy atom. The van der Waals surface area contributed by atoms with Crippen LogP contribution < -0.4 is 10.6 Å². The molecular formula is C13H22ClN3O2. The number of halogens is 1. The Labute approximate surface area is 119 Å². The highest BCUT2D eigenvalue weighted by molar-refractivity contribution is 6.39. The van der Waals surface area contributed by atoms with E-state index in [0.29, 0.717) is 18.1 Å². The quantitative estimate of drug-likeness (QED) is 0.820. The Morgan fingerprint density at radius 1 is 1.47 bits per heavy atom. The molecule has 1 atom stereocenters. The maximum atomic E-state index is 12.0. The molecule has 1 saturated heterocycles. The molecule has 1 unspecified atom stereocenters. The predicted octanol–water partition coefficient (Wildman–Crippen LogP) is 1.22. The van der Waals surface area contributed by atoms with Crippen molar-refractivity contribution in [3.8, 4) is 0 Å². The van der Waals surface area contributed by atoms with Crippen LogP contribution in [0.25, 0.3) is 0 Å². The minimum Gasteiger partial charge on any atom is -0.387 e. The van der Waals surface area contributed by atoms with E-state index in [1.165, 1.54) is 19.3 Å². The fraction of sp³-hybridized carbons (Fsp3) is 0.846. The summed E-state index contributed by atoms with van der Waals surface area (Å²) in [6.07, 6.45) is 6.53. The summed E-state index contributed by atoms with van der Waals surface area (Å²) in [5.74, 6) is 0.645. The molecule has 2 N–H and O–H groups in total. The van der Waals surface area contributed by atoms with Crippen molar-refractivity contribution < 1.29 is 9.63 Å². The zero-order valence-electron chi connectivity index (χ0n) is 11.1. The van der Waals surface area contributed by atoms with Gasteiger partial charge in [0.25, 0.3) is 5.91 Å². The van der Waals surface area contributed by atoms with Gasteiger partial charge in [-0.2, -0.15) is 0 Å². The molecule has 0 aromatic heterocycles. The molecule has 2 aliphatic heterocycles. The van der Waals surface area contributed by atoms with Crippen molar-refractivity contribution >= 4 is 24.0 Å². The van der Waals surface area contributed by atoms with Crippen molar-refractivity contribution in [2.75, 3.05) is 19.6 Å². The second kappa shape index (κ2) is 6.09. The molecule has 0 bridgehead atoms. The summed E-state index contributed by atoms with van der Waals surface area (Å²) in [6, 6.07) is 0. The summed E-state index contributed by atoms with van der Waals surface area (Å²) in [5.41, 5.74) is 0.319. The summed E-state index contributed by atoms with van der Waals surface area (Å²) in [6.45, 7) is 2.63. The van der Waals surface area contributed by atoms with Gasteiger partial charge in [-0.25, -0.2) is 0 Å². The highest BCUT2D eigenvalue weighted by Crippen LogP contribution is 2.30. The number of carbonyl (C=O) groups is 1. The van der Waals surface area contributed by atoms with Crippen LogP contribution in [0.4, 0.5) is 0 Å². The second-order valence-corrected chi connectivity index (χ2v) is 5.78. The number of hydrogen-bond donors (Lipinski definition) is 2. The van der Waals surface area contributed by atoms with Gasteiger partial charge in [-0.15, -0.1) is 12.4 Å². The van der Waals surface area contributed by atoms with Crippen LogP contribution in [0.5, 0.6) is 0 Å². The molecule has 0 aromatic rings.